The van der Waals surface area contributed by atoms with Crippen LogP contribution >= 0.6 is 0 Å². The molecule has 1 aromatic carbocycles. The third-order valence-electron chi connectivity index (χ3n) is 5.10. The van der Waals surface area contributed by atoms with Gasteiger partial charge in [0.15, 0.2) is 0 Å². The van der Waals surface area contributed by atoms with Crippen LogP contribution in [0.25, 0.3) is 0 Å². The topological polar surface area (TPSA) is 70.6 Å². The molecule has 0 amide bonds. The first-order chi connectivity index (χ1) is 12.3. The summed E-state index contributed by atoms with van der Waals surface area (Å²) in [5, 5.41) is 0. The Hall–Kier alpha value is -2.31. The molecular formula is C19H24N6. The van der Waals surface area contributed by atoms with E-state index in [1.165, 1.54) is 11.3 Å². The number of nitrogens with two attached hydrogens (primary N) is 1. The van der Waals surface area contributed by atoms with Crippen LogP contribution in [0.15, 0.2) is 47.7 Å². The van der Waals surface area contributed by atoms with Gasteiger partial charge in [0.1, 0.15) is 0 Å². The Kier molecular flexibility index (Phi) is 4.72. The Morgan fingerprint density at radius 1 is 0.960 bits per heavy atom. The lowest BCUT2D eigenvalue weighted by Crippen LogP contribution is -2.55. The molecule has 0 radical (unpaired) electrons. The molecule has 3 heterocycles. The first kappa shape index (κ1) is 16.2. The highest BCUT2D eigenvalue weighted by Gasteiger charge is 2.28. The fourth-order valence-corrected chi connectivity index (χ4v) is 3.73. The fraction of sp³-hybridized carbons (Fsp3) is 0.421. The van der Waals surface area contributed by atoms with E-state index in [1.807, 2.05) is 6.07 Å². The normalized spacial score (nSPS) is 19.2. The predicted octanol–water partition coefficient (Wildman–Crippen LogP) is 1.64. The number of aliphatic imine (C=N–C) groups is 1. The number of piperazine rings is 1. The lowest BCUT2D eigenvalue weighted by atomic mass is 9.96. The van der Waals surface area contributed by atoms with Crippen LogP contribution in [-0.4, -0.2) is 59.3 Å². The van der Waals surface area contributed by atoms with Crippen molar-refractivity contribution in [3.05, 3.63) is 48.3 Å². The summed E-state index contributed by atoms with van der Waals surface area (Å²) in [6, 6.07) is 10.5. The summed E-state index contributed by atoms with van der Waals surface area (Å²) < 4.78 is 0. The van der Waals surface area contributed by atoms with Crippen molar-refractivity contribution in [1.29, 1.82) is 0 Å². The first-order valence-corrected chi connectivity index (χ1v) is 8.96. The molecule has 130 valence electrons. The van der Waals surface area contributed by atoms with Gasteiger partial charge in [-0.25, -0.2) is 9.97 Å². The summed E-state index contributed by atoms with van der Waals surface area (Å²) in [4.78, 5) is 18.3. The standard InChI is InChI=1S/C19H24N6/c20-14-18(17-7-6-15-4-1-2-5-16(15)23-17)24-10-12-25(13-11-24)19-21-8-3-9-22-19/h1-5,8-9,18H,6-7,10-14,20H2. The van der Waals surface area contributed by atoms with Crippen molar-refractivity contribution >= 4 is 17.3 Å². The zero-order chi connectivity index (χ0) is 17.1. The van der Waals surface area contributed by atoms with Gasteiger partial charge in [-0.1, -0.05) is 18.2 Å². The summed E-state index contributed by atoms with van der Waals surface area (Å²) in [6.07, 6.45) is 5.65. The van der Waals surface area contributed by atoms with Gasteiger partial charge < -0.3 is 10.6 Å². The van der Waals surface area contributed by atoms with Gasteiger partial charge in [0.2, 0.25) is 5.95 Å². The molecule has 6 nitrogen and oxygen atoms in total. The SMILES string of the molecule is NCC(C1=Nc2ccccc2CC1)N1CCN(c2ncccn2)CC1. The lowest BCUT2D eigenvalue weighted by molar-refractivity contribution is 0.228. The Labute approximate surface area is 148 Å². The number of nitrogens with zero attached hydrogens (tertiary/aromatic N) is 5. The molecule has 1 saturated heterocycles. The molecule has 1 aromatic heterocycles. The molecule has 1 fully saturated rings. The van der Waals surface area contributed by atoms with Gasteiger partial charge in [0.25, 0.3) is 0 Å². The van der Waals surface area contributed by atoms with Crippen LogP contribution in [-0.2, 0) is 6.42 Å². The quantitative estimate of drug-likeness (QED) is 0.919. The van der Waals surface area contributed by atoms with Crippen molar-refractivity contribution in [2.45, 2.75) is 18.9 Å². The van der Waals surface area contributed by atoms with Crippen LogP contribution in [0.3, 0.4) is 0 Å². The highest BCUT2D eigenvalue weighted by atomic mass is 15.3. The van der Waals surface area contributed by atoms with Crippen molar-refractivity contribution in [2.75, 3.05) is 37.6 Å². The van der Waals surface area contributed by atoms with Crippen LogP contribution < -0.4 is 10.6 Å². The van der Waals surface area contributed by atoms with Crippen molar-refractivity contribution in [3.63, 3.8) is 0 Å². The van der Waals surface area contributed by atoms with Gasteiger partial charge in [0.05, 0.1) is 11.7 Å². The van der Waals surface area contributed by atoms with E-state index in [1.54, 1.807) is 12.4 Å². The average molecular weight is 336 g/mol. The van der Waals surface area contributed by atoms with Crippen molar-refractivity contribution in [1.82, 2.24) is 14.9 Å². The highest BCUT2D eigenvalue weighted by molar-refractivity contribution is 5.93. The second kappa shape index (κ2) is 7.29. The number of hydrogen-bond donors (Lipinski definition) is 1. The molecule has 0 bridgehead atoms. The monoisotopic (exact) mass is 336 g/mol. The summed E-state index contributed by atoms with van der Waals surface area (Å²) in [6.45, 7) is 4.37. The Morgan fingerprint density at radius 2 is 1.72 bits per heavy atom. The van der Waals surface area contributed by atoms with Gasteiger partial charge >= 0.3 is 0 Å². The molecule has 6 heteroatoms. The zero-order valence-electron chi connectivity index (χ0n) is 14.4. The van der Waals surface area contributed by atoms with E-state index in [2.05, 4.69) is 44.0 Å². The number of fused-ring (bicyclic) bond motifs is 1. The molecule has 0 saturated carbocycles. The van der Waals surface area contributed by atoms with E-state index < -0.39 is 0 Å². The van der Waals surface area contributed by atoms with E-state index >= 15 is 0 Å². The Balaban J connectivity index is 1.45. The molecule has 4 rings (SSSR count). The molecule has 1 unspecified atom stereocenters. The van der Waals surface area contributed by atoms with Gasteiger partial charge in [-0.2, -0.15) is 0 Å². The summed E-state index contributed by atoms with van der Waals surface area (Å²) >= 11 is 0. The minimum absolute atomic E-state index is 0.229. The zero-order valence-corrected chi connectivity index (χ0v) is 14.4. The maximum absolute atomic E-state index is 6.14. The minimum Gasteiger partial charge on any atom is -0.338 e. The van der Waals surface area contributed by atoms with Gasteiger partial charge in [-0.15, -0.1) is 0 Å². The van der Waals surface area contributed by atoms with Crippen LogP contribution in [0.5, 0.6) is 0 Å². The Morgan fingerprint density at radius 3 is 2.48 bits per heavy atom. The third-order valence-corrected chi connectivity index (χ3v) is 5.10. The summed E-state index contributed by atoms with van der Waals surface area (Å²) in [5.41, 5.74) is 9.82. The summed E-state index contributed by atoms with van der Waals surface area (Å²) in [7, 11) is 0. The molecule has 0 aliphatic carbocycles. The molecule has 25 heavy (non-hydrogen) atoms. The second-order valence-corrected chi connectivity index (χ2v) is 6.56. The number of benzene rings is 1. The molecule has 2 N–H and O–H groups in total. The number of aryl methyl sites for hydroxylation is 1. The molecule has 1 atom stereocenters. The second-order valence-electron chi connectivity index (χ2n) is 6.56. The number of hydrogen-bond acceptors (Lipinski definition) is 6. The van der Waals surface area contributed by atoms with Crippen LogP contribution in [0.1, 0.15) is 12.0 Å². The lowest BCUT2D eigenvalue weighted by Gasteiger charge is -2.39. The van der Waals surface area contributed by atoms with Crippen molar-refractivity contribution < 1.29 is 0 Å². The average Bonchev–Trinajstić information content (AvgIpc) is 2.70. The molecule has 2 aliphatic rings. The van der Waals surface area contributed by atoms with Gasteiger partial charge in [0, 0.05) is 50.8 Å². The van der Waals surface area contributed by atoms with Gasteiger partial charge in [-0.05, 0) is 30.5 Å². The van der Waals surface area contributed by atoms with Crippen LogP contribution in [0, 0.1) is 0 Å². The van der Waals surface area contributed by atoms with Gasteiger partial charge in [-0.3, -0.25) is 9.89 Å². The molecular weight excluding hydrogens is 312 g/mol. The fourth-order valence-electron chi connectivity index (χ4n) is 3.73. The number of rotatable bonds is 4. The number of anilines is 1. The number of para-hydroxylation sites is 1. The number of aromatic nitrogens is 2. The summed E-state index contributed by atoms with van der Waals surface area (Å²) in [5.74, 6) is 0.815. The maximum atomic E-state index is 6.14. The smallest absolute Gasteiger partial charge is 0.225 e. The predicted molar refractivity (Wildman–Crippen MR) is 101 cm³/mol. The van der Waals surface area contributed by atoms with Crippen LogP contribution in [0.2, 0.25) is 0 Å². The first-order valence-electron chi connectivity index (χ1n) is 8.96. The van der Waals surface area contributed by atoms with E-state index in [4.69, 9.17) is 10.7 Å². The molecule has 2 aliphatic heterocycles. The van der Waals surface area contributed by atoms with E-state index in [9.17, 15) is 0 Å². The molecule has 0 spiro atoms. The Bertz CT molecular complexity index is 737. The largest absolute Gasteiger partial charge is 0.338 e. The van der Waals surface area contributed by atoms with E-state index in [0.29, 0.717) is 6.54 Å². The van der Waals surface area contributed by atoms with Crippen molar-refractivity contribution in [2.24, 2.45) is 10.7 Å². The third kappa shape index (κ3) is 3.41. The highest BCUT2D eigenvalue weighted by Crippen LogP contribution is 2.27. The minimum atomic E-state index is 0.229. The van der Waals surface area contributed by atoms with E-state index in [0.717, 1.165) is 50.7 Å². The molecule has 2 aromatic rings. The van der Waals surface area contributed by atoms with E-state index in [-0.39, 0.29) is 6.04 Å². The van der Waals surface area contributed by atoms with Crippen molar-refractivity contribution in [3.8, 4) is 0 Å². The van der Waals surface area contributed by atoms with Crippen LogP contribution in [0.4, 0.5) is 11.6 Å². The maximum Gasteiger partial charge on any atom is 0.225 e.